The van der Waals surface area contributed by atoms with E-state index in [4.69, 9.17) is 4.74 Å². The van der Waals surface area contributed by atoms with Gasteiger partial charge in [-0.15, -0.1) is 0 Å². The molecule has 0 bridgehead atoms. The maximum absolute atomic E-state index is 13.0. The van der Waals surface area contributed by atoms with E-state index in [0.29, 0.717) is 22.2 Å². The van der Waals surface area contributed by atoms with Crippen molar-refractivity contribution in [2.45, 2.75) is 13.8 Å². The predicted octanol–water partition coefficient (Wildman–Crippen LogP) is 4.22. The fraction of sp³-hybridized carbons (Fsp3) is 0.0870. The van der Waals surface area contributed by atoms with Crippen molar-refractivity contribution in [3.8, 4) is 11.4 Å². The second-order valence-corrected chi connectivity index (χ2v) is 6.56. The summed E-state index contributed by atoms with van der Waals surface area (Å²) in [7, 11) is 0. The van der Waals surface area contributed by atoms with Gasteiger partial charge < -0.3 is 4.74 Å². The van der Waals surface area contributed by atoms with E-state index < -0.39 is 5.97 Å². The number of fused-ring (bicyclic) bond motifs is 1. The van der Waals surface area contributed by atoms with Crippen molar-refractivity contribution in [1.29, 1.82) is 0 Å². The number of rotatable bonds is 3. The van der Waals surface area contributed by atoms with Crippen molar-refractivity contribution in [1.82, 2.24) is 9.78 Å². The van der Waals surface area contributed by atoms with Crippen LogP contribution in [0, 0.1) is 13.8 Å². The van der Waals surface area contributed by atoms with E-state index in [9.17, 15) is 9.59 Å². The SMILES string of the molecule is Cc1cccc(C)c1OC(=O)c1nn(-c2ccccc2)c(=O)c2ccccc12. The lowest BCUT2D eigenvalue weighted by molar-refractivity contribution is 0.0726. The Balaban J connectivity index is 1.90. The zero-order valence-corrected chi connectivity index (χ0v) is 15.5. The highest BCUT2D eigenvalue weighted by atomic mass is 16.5. The van der Waals surface area contributed by atoms with Crippen molar-refractivity contribution >= 4 is 16.7 Å². The normalized spacial score (nSPS) is 10.8. The number of aryl methyl sites for hydroxylation is 2. The molecule has 0 atom stereocenters. The summed E-state index contributed by atoms with van der Waals surface area (Å²) in [5, 5.41) is 5.24. The Kier molecular flexibility index (Phi) is 4.49. The summed E-state index contributed by atoms with van der Waals surface area (Å²) < 4.78 is 6.92. The van der Waals surface area contributed by atoms with Crippen LogP contribution < -0.4 is 10.3 Å². The highest BCUT2D eigenvalue weighted by Crippen LogP contribution is 2.24. The van der Waals surface area contributed by atoms with Crippen molar-refractivity contribution in [3.63, 3.8) is 0 Å². The number of carbonyl (C=O) groups is 1. The molecular weight excluding hydrogens is 352 g/mol. The number of aromatic nitrogens is 2. The van der Waals surface area contributed by atoms with Crippen LogP contribution in [0.15, 0.2) is 77.6 Å². The summed E-state index contributed by atoms with van der Waals surface area (Å²) >= 11 is 0. The smallest absolute Gasteiger partial charge is 0.364 e. The average molecular weight is 370 g/mol. The molecular formula is C23H18N2O3. The number of carbonyl (C=O) groups excluding carboxylic acids is 1. The molecule has 138 valence electrons. The van der Waals surface area contributed by atoms with Gasteiger partial charge in [-0.05, 0) is 43.2 Å². The number of nitrogens with zero attached hydrogens (tertiary/aromatic N) is 2. The van der Waals surface area contributed by atoms with Gasteiger partial charge in [0.05, 0.1) is 11.1 Å². The van der Waals surface area contributed by atoms with E-state index in [1.54, 1.807) is 36.4 Å². The third kappa shape index (κ3) is 3.07. The fourth-order valence-corrected chi connectivity index (χ4v) is 3.19. The van der Waals surface area contributed by atoms with Crippen LogP contribution in [0.5, 0.6) is 5.75 Å². The third-order valence-electron chi connectivity index (χ3n) is 4.60. The zero-order valence-electron chi connectivity index (χ0n) is 15.5. The van der Waals surface area contributed by atoms with Crippen LogP contribution in [0.1, 0.15) is 21.6 Å². The molecule has 0 unspecified atom stereocenters. The van der Waals surface area contributed by atoms with Crippen LogP contribution >= 0.6 is 0 Å². The van der Waals surface area contributed by atoms with E-state index in [1.165, 1.54) is 4.68 Å². The Hall–Kier alpha value is -3.73. The molecule has 28 heavy (non-hydrogen) atoms. The van der Waals surface area contributed by atoms with Gasteiger partial charge in [0.15, 0.2) is 5.69 Å². The summed E-state index contributed by atoms with van der Waals surface area (Å²) in [5.41, 5.74) is 2.11. The van der Waals surface area contributed by atoms with Gasteiger partial charge in [-0.2, -0.15) is 9.78 Å². The molecule has 0 aliphatic carbocycles. The molecule has 0 fully saturated rings. The number of hydrogen-bond donors (Lipinski definition) is 0. The third-order valence-corrected chi connectivity index (χ3v) is 4.60. The minimum atomic E-state index is -0.599. The Labute approximate surface area is 161 Å². The summed E-state index contributed by atoms with van der Waals surface area (Å²) in [4.78, 5) is 25.9. The lowest BCUT2D eigenvalue weighted by atomic mass is 10.1. The van der Waals surface area contributed by atoms with Crippen molar-refractivity contribution in [3.05, 3.63) is 100.0 Å². The molecule has 4 aromatic rings. The molecule has 0 aliphatic heterocycles. The van der Waals surface area contributed by atoms with Gasteiger partial charge in [-0.25, -0.2) is 4.79 Å². The topological polar surface area (TPSA) is 61.2 Å². The van der Waals surface area contributed by atoms with Crippen LogP contribution in [0.25, 0.3) is 16.5 Å². The van der Waals surface area contributed by atoms with Gasteiger partial charge in [-0.3, -0.25) is 4.79 Å². The Morgan fingerprint density at radius 3 is 2.11 bits per heavy atom. The molecule has 0 amide bonds. The molecule has 3 aromatic carbocycles. The summed E-state index contributed by atoms with van der Waals surface area (Å²) in [6.45, 7) is 3.76. The first-order valence-corrected chi connectivity index (χ1v) is 8.92. The van der Waals surface area contributed by atoms with Gasteiger partial charge in [-0.1, -0.05) is 54.6 Å². The highest BCUT2D eigenvalue weighted by Gasteiger charge is 2.20. The molecule has 1 heterocycles. The fourth-order valence-electron chi connectivity index (χ4n) is 3.19. The van der Waals surface area contributed by atoms with Crippen LogP contribution in [0.4, 0.5) is 0 Å². The highest BCUT2D eigenvalue weighted by molar-refractivity contribution is 6.03. The lowest BCUT2D eigenvalue weighted by Crippen LogP contribution is -2.26. The van der Waals surface area contributed by atoms with E-state index in [2.05, 4.69) is 5.10 Å². The standard InChI is InChI=1S/C23H18N2O3/c1-15-9-8-10-16(2)21(15)28-23(27)20-18-13-6-7-14-19(18)22(26)25(24-20)17-11-4-3-5-12-17/h3-14H,1-2H3. The molecule has 0 spiro atoms. The summed E-state index contributed by atoms with van der Waals surface area (Å²) in [6, 6.07) is 21.6. The number of para-hydroxylation sites is 2. The van der Waals surface area contributed by atoms with Gasteiger partial charge in [0, 0.05) is 5.39 Å². The van der Waals surface area contributed by atoms with Crippen molar-refractivity contribution in [2.75, 3.05) is 0 Å². The second kappa shape index (κ2) is 7.12. The van der Waals surface area contributed by atoms with Crippen molar-refractivity contribution in [2.24, 2.45) is 0 Å². The monoisotopic (exact) mass is 370 g/mol. The number of ether oxygens (including phenoxy) is 1. The molecule has 0 aliphatic rings. The minimum absolute atomic E-state index is 0.0988. The first-order chi connectivity index (χ1) is 13.6. The Bertz CT molecular complexity index is 1220. The molecule has 0 N–H and O–H groups in total. The largest absolute Gasteiger partial charge is 0.421 e. The van der Waals surface area contributed by atoms with Crippen LogP contribution in [0.2, 0.25) is 0 Å². The first-order valence-electron chi connectivity index (χ1n) is 8.92. The molecule has 5 heteroatoms. The molecule has 5 nitrogen and oxygen atoms in total. The molecule has 0 saturated carbocycles. The quantitative estimate of drug-likeness (QED) is 0.400. The van der Waals surface area contributed by atoms with Crippen LogP contribution in [0.3, 0.4) is 0 Å². The van der Waals surface area contributed by atoms with Crippen LogP contribution in [-0.4, -0.2) is 15.7 Å². The maximum Gasteiger partial charge on any atom is 0.364 e. The van der Waals surface area contributed by atoms with Gasteiger partial charge in [0.25, 0.3) is 5.56 Å². The lowest BCUT2D eigenvalue weighted by Gasteiger charge is -2.13. The zero-order chi connectivity index (χ0) is 19.7. The molecule has 0 saturated heterocycles. The van der Waals surface area contributed by atoms with Crippen molar-refractivity contribution < 1.29 is 9.53 Å². The molecule has 1 aromatic heterocycles. The molecule has 0 radical (unpaired) electrons. The van der Waals surface area contributed by atoms with E-state index in [1.807, 2.05) is 50.2 Å². The second-order valence-electron chi connectivity index (χ2n) is 6.56. The Morgan fingerprint density at radius 1 is 0.821 bits per heavy atom. The summed E-state index contributed by atoms with van der Waals surface area (Å²) in [6.07, 6.45) is 0. The van der Waals surface area contributed by atoms with E-state index in [0.717, 1.165) is 11.1 Å². The Morgan fingerprint density at radius 2 is 1.43 bits per heavy atom. The van der Waals surface area contributed by atoms with E-state index >= 15 is 0 Å². The van der Waals surface area contributed by atoms with Crippen LogP contribution in [-0.2, 0) is 0 Å². The minimum Gasteiger partial charge on any atom is -0.421 e. The van der Waals surface area contributed by atoms with Gasteiger partial charge in [0.2, 0.25) is 0 Å². The van der Waals surface area contributed by atoms with Gasteiger partial charge >= 0.3 is 5.97 Å². The van der Waals surface area contributed by atoms with Gasteiger partial charge in [0.1, 0.15) is 5.75 Å². The van der Waals surface area contributed by atoms with E-state index in [-0.39, 0.29) is 11.3 Å². The molecule has 4 rings (SSSR count). The predicted molar refractivity (Wildman–Crippen MR) is 108 cm³/mol. The first kappa shape index (κ1) is 17.7. The number of esters is 1. The average Bonchev–Trinajstić information content (AvgIpc) is 2.72. The number of benzene rings is 3. The number of hydrogen-bond acceptors (Lipinski definition) is 4. The summed E-state index contributed by atoms with van der Waals surface area (Å²) in [5.74, 6) is -0.0888. The maximum atomic E-state index is 13.0.